The molecule has 2 unspecified atom stereocenters. The molecular formula is C22H21F2N3S. The predicted molar refractivity (Wildman–Crippen MR) is 112 cm³/mol. The van der Waals surface area contributed by atoms with Gasteiger partial charge in [-0.3, -0.25) is 0 Å². The molecule has 144 valence electrons. The number of fused-ring (bicyclic) bond motifs is 2. The highest BCUT2D eigenvalue weighted by Gasteiger charge is 2.54. The summed E-state index contributed by atoms with van der Waals surface area (Å²) in [5.74, 6) is -0.871. The van der Waals surface area contributed by atoms with Crippen molar-refractivity contribution in [1.29, 1.82) is 0 Å². The lowest BCUT2D eigenvalue weighted by Crippen LogP contribution is -2.48. The van der Waals surface area contributed by atoms with Gasteiger partial charge in [-0.1, -0.05) is 42.6 Å². The fourth-order valence-electron chi connectivity index (χ4n) is 3.93. The minimum atomic E-state index is -0.601. The summed E-state index contributed by atoms with van der Waals surface area (Å²) >= 11 is 1.46. The number of nitrogens with one attached hydrogen (secondary N) is 1. The van der Waals surface area contributed by atoms with Gasteiger partial charge in [0.25, 0.3) is 0 Å². The van der Waals surface area contributed by atoms with Gasteiger partial charge in [0.15, 0.2) is 0 Å². The molecule has 0 bridgehead atoms. The Morgan fingerprint density at radius 2 is 2.14 bits per heavy atom. The number of hydrogen-bond acceptors (Lipinski definition) is 4. The molecule has 28 heavy (non-hydrogen) atoms. The first kappa shape index (κ1) is 18.7. The topological polar surface area (TPSA) is 27.6 Å². The van der Waals surface area contributed by atoms with Crippen molar-refractivity contribution in [3.8, 4) is 0 Å². The average Bonchev–Trinajstić information content (AvgIpc) is 3.08. The van der Waals surface area contributed by atoms with Crippen LogP contribution in [0.25, 0.3) is 0 Å². The number of benzene rings is 2. The predicted octanol–water partition coefficient (Wildman–Crippen LogP) is 5.68. The Labute approximate surface area is 167 Å². The first-order chi connectivity index (χ1) is 13.5. The fourth-order valence-corrected chi connectivity index (χ4v) is 5.53. The second-order valence-corrected chi connectivity index (χ2v) is 8.24. The second-order valence-electron chi connectivity index (χ2n) is 7.02. The smallest absolute Gasteiger partial charge is 0.146 e. The average molecular weight is 397 g/mol. The Morgan fingerprint density at radius 3 is 2.89 bits per heavy atom. The van der Waals surface area contributed by atoms with Gasteiger partial charge in [0.2, 0.25) is 0 Å². The maximum absolute atomic E-state index is 14.5. The first-order valence-electron chi connectivity index (χ1n) is 9.10. The van der Waals surface area contributed by atoms with E-state index in [1.807, 2.05) is 36.2 Å². The van der Waals surface area contributed by atoms with E-state index in [2.05, 4.69) is 24.5 Å². The summed E-state index contributed by atoms with van der Waals surface area (Å²) in [6, 6.07) is 11.5. The molecule has 2 atom stereocenters. The van der Waals surface area contributed by atoms with Gasteiger partial charge in [-0.15, -0.1) is 6.58 Å². The molecule has 0 fully saturated rings. The zero-order chi connectivity index (χ0) is 19.9. The highest BCUT2D eigenvalue weighted by atomic mass is 32.2. The summed E-state index contributed by atoms with van der Waals surface area (Å²) in [5.41, 5.74) is 2.97. The fraction of sp³-hybridized carbons (Fsp3) is 0.227. The summed E-state index contributed by atoms with van der Waals surface area (Å²) in [5, 5.41) is 10.5. The molecular weight excluding hydrogens is 376 g/mol. The normalized spacial score (nSPS) is 23.2. The van der Waals surface area contributed by atoms with Crippen molar-refractivity contribution >= 4 is 22.5 Å². The first-order valence-corrected chi connectivity index (χ1v) is 9.92. The molecule has 0 saturated heterocycles. The Kier molecular flexibility index (Phi) is 4.75. The largest absolute Gasteiger partial charge is 0.384 e. The van der Waals surface area contributed by atoms with E-state index in [1.165, 1.54) is 17.8 Å². The highest BCUT2D eigenvalue weighted by molar-refractivity contribution is 8.15. The maximum atomic E-state index is 14.5. The molecule has 2 aromatic carbocycles. The lowest BCUT2D eigenvalue weighted by atomic mass is 9.84. The Bertz CT molecular complexity index is 987. The van der Waals surface area contributed by atoms with Gasteiger partial charge in [-0.05, 0) is 37.6 Å². The summed E-state index contributed by atoms with van der Waals surface area (Å²) in [4.78, 5) is -0.601. The monoisotopic (exact) mass is 397 g/mol. The molecule has 1 N–H and O–H groups in total. The van der Waals surface area contributed by atoms with E-state index in [-0.39, 0.29) is 11.5 Å². The van der Waals surface area contributed by atoms with Crippen LogP contribution < -0.4 is 5.32 Å². The maximum Gasteiger partial charge on any atom is 0.146 e. The van der Waals surface area contributed by atoms with Crippen LogP contribution in [0.1, 0.15) is 24.5 Å². The molecule has 2 aliphatic rings. The van der Waals surface area contributed by atoms with Crippen LogP contribution in [0.5, 0.6) is 0 Å². The lowest BCUT2D eigenvalue weighted by molar-refractivity contribution is 0.165. The number of anilines is 1. The van der Waals surface area contributed by atoms with Gasteiger partial charge in [0, 0.05) is 35.0 Å². The van der Waals surface area contributed by atoms with E-state index in [0.717, 1.165) is 35.5 Å². The summed E-state index contributed by atoms with van der Waals surface area (Å²) in [6.07, 6.45) is 2.63. The molecule has 0 radical (unpaired) electrons. The quantitative estimate of drug-likeness (QED) is 0.673. The van der Waals surface area contributed by atoms with Crippen LogP contribution >= 0.6 is 11.8 Å². The molecule has 2 aromatic rings. The van der Waals surface area contributed by atoms with Crippen molar-refractivity contribution in [2.24, 2.45) is 11.0 Å². The van der Waals surface area contributed by atoms with Crippen LogP contribution in [-0.2, 0) is 4.87 Å². The third-order valence-electron chi connectivity index (χ3n) is 5.13. The molecule has 2 aliphatic heterocycles. The van der Waals surface area contributed by atoms with Gasteiger partial charge in [0.05, 0.1) is 0 Å². The highest BCUT2D eigenvalue weighted by Crippen LogP contribution is 2.57. The van der Waals surface area contributed by atoms with Crippen LogP contribution in [0.4, 0.5) is 14.5 Å². The molecule has 0 aromatic heterocycles. The SMILES string of the molecule is C=CCC1CNc2ccccc2C12SC(c1cc(F)ccc1F)=NN2C(=C)C. The van der Waals surface area contributed by atoms with Gasteiger partial charge in [-0.2, -0.15) is 5.10 Å². The van der Waals surface area contributed by atoms with E-state index in [0.29, 0.717) is 11.6 Å². The van der Waals surface area contributed by atoms with Crippen LogP contribution in [0, 0.1) is 17.6 Å². The van der Waals surface area contributed by atoms with Crippen molar-refractivity contribution in [3.63, 3.8) is 0 Å². The molecule has 6 heteroatoms. The van der Waals surface area contributed by atoms with Crippen LogP contribution in [0.3, 0.4) is 0 Å². The van der Waals surface area contributed by atoms with E-state index in [9.17, 15) is 8.78 Å². The summed E-state index contributed by atoms with van der Waals surface area (Å²) in [7, 11) is 0. The van der Waals surface area contributed by atoms with Gasteiger partial charge in [0.1, 0.15) is 21.5 Å². The van der Waals surface area contributed by atoms with E-state index in [4.69, 9.17) is 5.10 Å². The van der Waals surface area contributed by atoms with Crippen molar-refractivity contribution in [3.05, 3.63) is 90.2 Å². The number of hydrogen-bond donors (Lipinski definition) is 1. The third kappa shape index (κ3) is 2.83. The molecule has 0 amide bonds. The number of allylic oxidation sites excluding steroid dienone is 2. The van der Waals surface area contributed by atoms with Gasteiger partial charge < -0.3 is 5.32 Å². The Hall–Kier alpha value is -2.60. The second kappa shape index (κ2) is 7.09. The molecule has 3 nitrogen and oxygen atoms in total. The molecule has 2 heterocycles. The number of thioether (sulfide) groups is 1. The molecule has 1 spiro atoms. The van der Waals surface area contributed by atoms with Gasteiger partial charge >= 0.3 is 0 Å². The van der Waals surface area contributed by atoms with E-state index < -0.39 is 16.5 Å². The van der Waals surface area contributed by atoms with Crippen LogP contribution in [0.15, 0.2) is 72.5 Å². The number of halogens is 2. The molecule has 4 rings (SSSR count). The number of rotatable bonds is 4. The van der Waals surface area contributed by atoms with Crippen molar-refractivity contribution in [1.82, 2.24) is 5.01 Å². The van der Waals surface area contributed by atoms with E-state index >= 15 is 0 Å². The third-order valence-corrected chi connectivity index (χ3v) is 6.67. The lowest BCUT2D eigenvalue weighted by Gasteiger charge is -2.47. The van der Waals surface area contributed by atoms with Crippen LogP contribution in [-0.4, -0.2) is 16.6 Å². The summed E-state index contributed by atoms with van der Waals surface area (Å²) in [6.45, 7) is 10.6. The number of para-hydroxylation sites is 1. The Morgan fingerprint density at radius 1 is 1.36 bits per heavy atom. The molecule has 0 saturated carbocycles. The van der Waals surface area contributed by atoms with Crippen molar-refractivity contribution in [2.75, 3.05) is 11.9 Å². The summed E-state index contributed by atoms with van der Waals surface area (Å²) < 4.78 is 28.4. The van der Waals surface area contributed by atoms with E-state index in [1.54, 1.807) is 0 Å². The Balaban J connectivity index is 1.90. The van der Waals surface area contributed by atoms with Crippen molar-refractivity contribution < 1.29 is 8.78 Å². The standard InChI is InChI=1S/C22H21F2N3S/c1-4-7-15-13-25-20-9-6-5-8-18(20)22(15)27(14(2)3)26-21(28-22)17-12-16(23)10-11-19(17)24/h4-6,8-12,15,25H,1-2,7,13H2,3H3. The van der Waals surface area contributed by atoms with Crippen molar-refractivity contribution in [2.45, 2.75) is 18.2 Å². The molecule has 0 aliphatic carbocycles. The zero-order valence-corrected chi connectivity index (χ0v) is 16.4. The number of nitrogens with zero attached hydrogens (tertiary/aromatic N) is 2. The minimum Gasteiger partial charge on any atom is -0.384 e. The van der Waals surface area contributed by atoms with Gasteiger partial charge in [-0.25, -0.2) is 13.8 Å². The number of hydrazone groups is 1. The zero-order valence-electron chi connectivity index (χ0n) is 15.6. The van der Waals surface area contributed by atoms with Crippen LogP contribution in [0.2, 0.25) is 0 Å². The minimum absolute atomic E-state index is 0.111.